The molecule has 224 valence electrons. The molecule has 42 heavy (non-hydrogen) atoms. The van der Waals surface area contributed by atoms with Gasteiger partial charge in [0.05, 0.1) is 46.5 Å². The number of fused-ring (bicyclic) bond motifs is 1. The highest BCUT2D eigenvalue weighted by atomic mass is 79.9. The third-order valence-corrected chi connectivity index (χ3v) is 7.58. The lowest BCUT2D eigenvalue weighted by Crippen LogP contribution is -2.38. The molecule has 0 aliphatic rings. The molecule has 0 radical (unpaired) electrons. The molecule has 1 aromatic carbocycles. The molecule has 4 rings (SSSR count). The summed E-state index contributed by atoms with van der Waals surface area (Å²) in [5.41, 5.74) is 0.982. The fraction of sp³-hybridized carbons (Fsp3) is 0.387. The van der Waals surface area contributed by atoms with Crippen molar-refractivity contribution in [3.05, 3.63) is 69.8 Å². The maximum atomic E-state index is 13.2. The number of ether oxygens (including phenoxy) is 5. The van der Waals surface area contributed by atoms with Crippen LogP contribution < -0.4 is 23.7 Å². The van der Waals surface area contributed by atoms with Crippen molar-refractivity contribution in [1.82, 2.24) is 19.9 Å². The van der Waals surface area contributed by atoms with Gasteiger partial charge >= 0.3 is 0 Å². The van der Waals surface area contributed by atoms with Gasteiger partial charge in [-0.15, -0.1) is 0 Å². The molecule has 0 fully saturated rings. The number of halogens is 1. The number of hydrogen-bond donors (Lipinski definition) is 1. The smallest absolute Gasteiger partial charge is 0.257 e. The molecule has 10 nitrogen and oxygen atoms in total. The van der Waals surface area contributed by atoms with E-state index in [1.54, 1.807) is 32.5 Å². The average Bonchev–Trinajstić information content (AvgIpc) is 2.99. The summed E-state index contributed by atoms with van der Waals surface area (Å²) in [4.78, 5) is 15.7. The van der Waals surface area contributed by atoms with Crippen molar-refractivity contribution in [2.24, 2.45) is 0 Å². The second-order valence-corrected chi connectivity index (χ2v) is 10.9. The molecule has 0 bridgehead atoms. The van der Waals surface area contributed by atoms with Crippen LogP contribution >= 0.6 is 15.9 Å². The minimum Gasteiger partial charge on any atom is -0.491 e. The van der Waals surface area contributed by atoms with Crippen LogP contribution in [0.25, 0.3) is 10.9 Å². The largest absolute Gasteiger partial charge is 0.491 e. The summed E-state index contributed by atoms with van der Waals surface area (Å²) in [7, 11) is 10.1. The first-order valence-corrected chi connectivity index (χ1v) is 14.3. The summed E-state index contributed by atoms with van der Waals surface area (Å²) in [6, 6.07) is 13.1. The summed E-state index contributed by atoms with van der Waals surface area (Å²) >= 11 is 3.58. The van der Waals surface area contributed by atoms with Gasteiger partial charge in [0.2, 0.25) is 17.6 Å². The van der Waals surface area contributed by atoms with Crippen LogP contribution in [0.1, 0.15) is 36.0 Å². The van der Waals surface area contributed by atoms with E-state index in [4.69, 9.17) is 28.7 Å². The van der Waals surface area contributed by atoms with Gasteiger partial charge < -0.3 is 33.7 Å². The highest BCUT2D eigenvalue weighted by Crippen LogP contribution is 2.51. The summed E-state index contributed by atoms with van der Waals surface area (Å²) in [6.07, 6.45) is 1.93. The lowest BCUT2D eigenvalue weighted by Gasteiger charge is -2.39. The van der Waals surface area contributed by atoms with E-state index < -0.39 is 11.5 Å². The Morgan fingerprint density at radius 3 is 2.26 bits per heavy atom. The molecular weight excluding hydrogens is 604 g/mol. The molecule has 3 aromatic heterocycles. The first-order chi connectivity index (χ1) is 20.2. The average molecular weight is 642 g/mol. The van der Waals surface area contributed by atoms with E-state index >= 15 is 0 Å². The molecule has 0 saturated carbocycles. The molecule has 0 aliphatic heterocycles. The minimum absolute atomic E-state index is 0.285. The van der Waals surface area contributed by atoms with Crippen molar-refractivity contribution in [3.63, 3.8) is 0 Å². The van der Waals surface area contributed by atoms with Crippen LogP contribution in [0.2, 0.25) is 0 Å². The Morgan fingerprint density at radius 1 is 0.881 bits per heavy atom. The Morgan fingerprint density at radius 2 is 1.62 bits per heavy atom. The molecule has 4 aromatic rings. The zero-order valence-corrected chi connectivity index (χ0v) is 26.6. The molecule has 0 spiro atoms. The number of hydrogen-bond acceptors (Lipinski definition) is 10. The van der Waals surface area contributed by atoms with Gasteiger partial charge in [0.15, 0.2) is 5.75 Å². The van der Waals surface area contributed by atoms with Gasteiger partial charge in [0.1, 0.15) is 5.60 Å². The zero-order chi connectivity index (χ0) is 30.4. The Kier molecular flexibility index (Phi) is 10.1. The summed E-state index contributed by atoms with van der Waals surface area (Å²) < 4.78 is 29.6. The van der Waals surface area contributed by atoms with E-state index in [1.807, 2.05) is 56.3 Å². The fourth-order valence-corrected chi connectivity index (χ4v) is 5.50. The van der Waals surface area contributed by atoms with Crippen molar-refractivity contribution in [1.29, 1.82) is 0 Å². The van der Waals surface area contributed by atoms with Crippen molar-refractivity contribution in [3.8, 4) is 29.3 Å². The molecule has 11 heteroatoms. The SMILES string of the molecule is CCOc1cc([C@](O)(CCN(C)C)[C@@H](c2cc3cc(Br)ccc3nc2OC)c2ccnc(OC)c2OC)cc(OC)n1. The van der Waals surface area contributed by atoms with Crippen LogP contribution in [0, 0.1) is 0 Å². The molecule has 2 atom stereocenters. The molecular formula is C31H37BrN4O6. The minimum atomic E-state index is -1.58. The number of benzene rings is 1. The first-order valence-electron chi connectivity index (χ1n) is 13.5. The lowest BCUT2D eigenvalue weighted by atomic mass is 9.71. The van der Waals surface area contributed by atoms with E-state index in [2.05, 4.69) is 25.9 Å². The summed E-state index contributed by atoms with van der Waals surface area (Å²) in [6.45, 7) is 2.81. The highest BCUT2D eigenvalue weighted by Gasteiger charge is 2.45. The van der Waals surface area contributed by atoms with Crippen molar-refractivity contribution in [2.45, 2.75) is 24.9 Å². The maximum absolute atomic E-state index is 13.2. The lowest BCUT2D eigenvalue weighted by molar-refractivity contribution is 0.00259. The van der Waals surface area contributed by atoms with Gasteiger partial charge in [-0.2, -0.15) is 4.98 Å². The van der Waals surface area contributed by atoms with Crippen molar-refractivity contribution >= 4 is 26.8 Å². The molecule has 0 saturated heterocycles. The van der Waals surface area contributed by atoms with Gasteiger partial charge in [-0.3, -0.25) is 0 Å². The van der Waals surface area contributed by atoms with Gasteiger partial charge in [0.25, 0.3) is 5.88 Å². The highest BCUT2D eigenvalue weighted by molar-refractivity contribution is 9.10. The van der Waals surface area contributed by atoms with E-state index in [1.165, 1.54) is 14.2 Å². The second kappa shape index (κ2) is 13.5. The number of methoxy groups -OCH3 is 4. The van der Waals surface area contributed by atoms with Crippen LogP contribution in [-0.4, -0.2) is 80.6 Å². The number of pyridine rings is 3. The Bertz CT molecular complexity index is 1540. The van der Waals surface area contributed by atoms with E-state index in [0.717, 1.165) is 15.4 Å². The first kappa shape index (κ1) is 31.3. The Hall–Kier alpha value is -3.67. The fourth-order valence-electron chi connectivity index (χ4n) is 5.13. The van der Waals surface area contributed by atoms with Crippen LogP contribution in [-0.2, 0) is 5.60 Å². The number of rotatable bonds is 13. The van der Waals surface area contributed by atoms with Crippen LogP contribution in [0.15, 0.2) is 53.1 Å². The molecule has 0 unspecified atom stereocenters. The normalized spacial score (nSPS) is 13.5. The quantitative estimate of drug-likeness (QED) is 0.210. The number of nitrogens with zero attached hydrogens (tertiary/aromatic N) is 4. The Balaban J connectivity index is 2.14. The Labute approximate surface area is 254 Å². The van der Waals surface area contributed by atoms with Gasteiger partial charge in [-0.05, 0) is 63.3 Å². The predicted molar refractivity (Wildman–Crippen MR) is 164 cm³/mol. The zero-order valence-electron chi connectivity index (χ0n) is 25.0. The summed E-state index contributed by atoms with van der Waals surface area (Å²) in [5, 5.41) is 14.0. The predicted octanol–water partition coefficient (Wildman–Crippen LogP) is 5.19. The maximum Gasteiger partial charge on any atom is 0.257 e. The molecule has 0 aliphatic carbocycles. The third kappa shape index (κ3) is 6.38. The van der Waals surface area contributed by atoms with E-state index in [-0.39, 0.29) is 5.88 Å². The number of aromatic nitrogens is 3. The van der Waals surface area contributed by atoms with Gasteiger partial charge in [0, 0.05) is 45.9 Å². The van der Waals surface area contributed by atoms with Crippen LogP contribution in [0.4, 0.5) is 0 Å². The standard InChI is InChI=1S/C31H37BrN4O6/c1-8-42-26-18-20(17-25(35-26)38-4)31(37,12-14-36(2)3)27(22-11-13-33-30(41-7)28(22)39-5)23-16-19-15-21(32)9-10-24(19)34-29(23)40-6/h9-11,13,15-18,27,37H,8,12,14H2,1-7H3/t27-,31-/m1/s1. The van der Waals surface area contributed by atoms with E-state index in [0.29, 0.717) is 59.7 Å². The summed E-state index contributed by atoms with van der Waals surface area (Å²) in [5.74, 6) is 0.896. The molecule has 0 amide bonds. The topological polar surface area (TPSA) is 108 Å². The van der Waals surface area contributed by atoms with Crippen molar-refractivity contribution in [2.75, 3.05) is 55.7 Å². The number of aliphatic hydroxyl groups is 1. The van der Waals surface area contributed by atoms with Gasteiger partial charge in [-0.25, -0.2) is 9.97 Å². The van der Waals surface area contributed by atoms with Crippen molar-refractivity contribution < 1.29 is 28.8 Å². The van der Waals surface area contributed by atoms with E-state index in [9.17, 15) is 5.11 Å². The third-order valence-electron chi connectivity index (χ3n) is 7.08. The second-order valence-electron chi connectivity index (χ2n) is 9.95. The monoisotopic (exact) mass is 640 g/mol. The van der Waals surface area contributed by atoms with Crippen LogP contribution in [0.5, 0.6) is 29.3 Å². The molecule has 1 N–H and O–H groups in total. The van der Waals surface area contributed by atoms with Gasteiger partial charge in [-0.1, -0.05) is 15.9 Å². The van der Waals surface area contributed by atoms with Crippen LogP contribution in [0.3, 0.4) is 0 Å². The molecule has 3 heterocycles.